The van der Waals surface area contributed by atoms with Crippen LogP contribution in [0.15, 0.2) is 99.6 Å². The van der Waals surface area contributed by atoms with Gasteiger partial charge in [-0.1, -0.05) is 60.3 Å². The maximum atomic E-state index is 12.6. The van der Waals surface area contributed by atoms with Gasteiger partial charge >= 0.3 is 0 Å². The monoisotopic (exact) mass is 387 g/mol. The van der Waals surface area contributed by atoms with Gasteiger partial charge in [0.2, 0.25) is 5.91 Å². The number of anilines is 1. The fourth-order valence-electron chi connectivity index (χ4n) is 2.84. The first-order valence-corrected chi connectivity index (χ1v) is 9.59. The van der Waals surface area contributed by atoms with Gasteiger partial charge in [-0.25, -0.2) is 4.68 Å². The summed E-state index contributed by atoms with van der Waals surface area (Å²) in [5, 5.41) is 8.32. The molecular weight excluding hydrogens is 370 g/mol. The summed E-state index contributed by atoms with van der Waals surface area (Å²) in [4.78, 5) is 27.1. The average molecular weight is 387 g/mol. The molecule has 0 saturated heterocycles. The van der Waals surface area contributed by atoms with Crippen molar-refractivity contribution < 1.29 is 4.79 Å². The van der Waals surface area contributed by atoms with Gasteiger partial charge < -0.3 is 5.32 Å². The molecule has 4 rings (SSSR count). The Morgan fingerprint density at radius 2 is 1.64 bits per heavy atom. The number of amides is 1. The summed E-state index contributed by atoms with van der Waals surface area (Å²) < 4.78 is 1.19. The zero-order valence-electron chi connectivity index (χ0n) is 14.9. The molecule has 1 amide bonds. The van der Waals surface area contributed by atoms with Gasteiger partial charge in [-0.15, -0.1) is 0 Å². The number of nitrogens with one attached hydrogen (secondary N) is 1. The smallest absolute Gasteiger partial charge is 0.275 e. The molecule has 0 atom stereocenters. The minimum absolute atomic E-state index is 0.145. The molecule has 1 N–H and O–H groups in total. The molecule has 0 spiro atoms. The zero-order valence-corrected chi connectivity index (χ0v) is 15.7. The Balaban J connectivity index is 1.53. The number of benzene rings is 3. The summed E-state index contributed by atoms with van der Waals surface area (Å²) in [6.45, 7) is -0.145. The van der Waals surface area contributed by atoms with E-state index in [4.69, 9.17) is 0 Å². The molecule has 0 bridgehead atoms. The molecule has 0 aliphatic rings. The van der Waals surface area contributed by atoms with Crippen LogP contribution in [0.1, 0.15) is 0 Å². The van der Waals surface area contributed by atoms with Crippen LogP contribution in [0.3, 0.4) is 0 Å². The zero-order chi connectivity index (χ0) is 19.3. The quantitative estimate of drug-likeness (QED) is 0.558. The number of para-hydroxylation sites is 1. The number of aromatic nitrogens is 2. The van der Waals surface area contributed by atoms with Crippen LogP contribution < -0.4 is 10.9 Å². The van der Waals surface area contributed by atoms with E-state index in [1.54, 1.807) is 30.1 Å². The first-order chi connectivity index (χ1) is 13.7. The fraction of sp³-hybridized carbons (Fsp3) is 0.0455. The van der Waals surface area contributed by atoms with Crippen LogP contribution in [0.2, 0.25) is 0 Å². The lowest BCUT2D eigenvalue weighted by Crippen LogP contribution is -2.29. The molecule has 28 heavy (non-hydrogen) atoms. The molecule has 1 aromatic heterocycles. The Labute approximate surface area is 166 Å². The van der Waals surface area contributed by atoms with Crippen LogP contribution >= 0.6 is 11.8 Å². The highest BCUT2D eigenvalue weighted by Gasteiger charge is 2.11. The van der Waals surface area contributed by atoms with E-state index in [1.165, 1.54) is 4.68 Å². The topological polar surface area (TPSA) is 64.0 Å². The molecule has 0 aliphatic carbocycles. The largest absolute Gasteiger partial charge is 0.323 e. The molecular formula is C22H17N3O2S. The maximum Gasteiger partial charge on any atom is 0.275 e. The number of carbonyl (C=O) groups excluding carboxylic acids is 1. The predicted octanol–water partition coefficient (Wildman–Crippen LogP) is 4.19. The van der Waals surface area contributed by atoms with Crippen LogP contribution in [0.25, 0.3) is 10.8 Å². The van der Waals surface area contributed by atoms with Gasteiger partial charge in [0.15, 0.2) is 0 Å². The summed E-state index contributed by atoms with van der Waals surface area (Å²) in [5.41, 5.74) is 0.426. The Hall–Kier alpha value is -3.38. The lowest BCUT2D eigenvalue weighted by Gasteiger charge is -2.11. The minimum atomic E-state index is -0.300. The molecule has 6 heteroatoms. The third-order valence-electron chi connectivity index (χ3n) is 4.19. The van der Waals surface area contributed by atoms with Crippen molar-refractivity contribution in [3.63, 3.8) is 0 Å². The lowest BCUT2D eigenvalue weighted by atomic mass is 10.2. The standard InChI is InChI=1S/C22H17N3O2S/c26-21(15-25-22(27)18-11-5-4-8-16(18)14-23-25)24-19-12-6-7-13-20(19)28-17-9-2-1-3-10-17/h1-14H,15H2,(H,24,26). The molecule has 1 heterocycles. The van der Waals surface area contributed by atoms with Crippen molar-refractivity contribution in [2.75, 3.05) is 5.32 Å². The molecule has 0 saturated carbocycles. The summed E-state index contributed by atoms with van der Waals surface area (Å²) in [7, 11) is 0. The SMILES string of the molecule is O=C(Cn1ncc2ccccc2c1=O)Nc1ccccc1Sc1ccccc1. The molecule has 0 aliphatic heterocycles. The second kappa shape index (κ2) is 8.10. The van der Waals surface area contributed by atoms with Gasteiger partial charge in [0.25, 0.3) is 5.56 Å². The van der Waals surface area contributed by atoms with Crippen molar-refractivity contribution >= 4 is 34.1 Å². The number of fused-ring (bicyclic) bond motifs is 1. The molecule has 0 fully saturated rings. The Bertz CT molecular complexity index is 1190. The summed E-state index contributed by atoms with van der Waals surface area (Å²) in [6, 6.07) is 24.7. The number of hydrogen-bond donors (Lipinski definition) is 1. The van der Waals surface area contributed by atoms with Crippen LogP contribution in [0, 0.1) is 0 Å². The fourth-order valence-corrected chi connectivity index (χ4v) is 3.76. The maximum absolute atomic E-state index is 12.6. The van der Waals surface area contributed by atoms with Crippen molar-refractivity contribution in [1.82, 2.24) is 9.78 Å². The van der Waals surface area contributed by atoms with Crippen molar-refractivity contribution in [2.24, 2.45) is 0 Å². The van der Waals surface area contributed by atoms with Gasteiger partial charge in [0, 0.05) is 15.2 Å². The van der Waals surface area contributed by atoms with E-state index in [0.29, 0.717) is 11.1 Å². The third-order valence-corrected chi connectivity index (χ3v) is 5.27. The van der Waals surface area contributed by atoms with Crippen molar-refractivity contribution in [3.05, 3.63) is 95.4 Å². The number of carbonyl (C=O) groups is 1. The Morgan fingerprint density at radius 3 is 2.50 bits per heavy atom. The van der Waals surface area contributed by atoms with E-state index >= 15 is 0 Å². The summed E-state index contributed by atoms with van der Waals surface area (Å²) >= 11 is 1.57. The lowest BCUT2D eigenvalue weighted by molar-refractivity contribution is -0.117. The highest BCUT2D eigenvalue weighted by molar-refractivity contribution is 7.99. The molecule has 0 unspecified atom stereocenters. The van der Waals surface area contributed by atoms with E-state index in [-0.39, 0.29) is 18.0 Å². The van der Waals surface area contributed by atoms with Gasteiger partial charge in [-0.05, 0) is 30.3 Å². The van der Waals surface area contributed by atoms with Crippen LogP contribution in [-0.4, -0.2) is 15.7 Å². The first-order valence-electron chi connectivity index (χ1n) is 8.77. The number of nitrogens with zero attached hydrogens (tertiary/aromatic N) is 2. The van der Waals surface area contributed by atoms with Gasteiger partial charge in [0.05, 0.1) is 17.3 Å². The molecule has 3 aromatic carbocycles. The number of hydrogen-bond acceptors (Lipinski definition) is 4. The second-order valence-corrected chi connectivity index (χ2v) is 7.27. The average Bonchev–Trinajstić information content (AvgIpc) is 2.72. The molecule has 138 valence electrons. The van der Waals surface area contributed by atoms with Crippen LogP contribution in [0.5, 0.6) is 0 Å². The summed E-state index contributed by atoms with van der Waals surface area (Å²) in [5.74, 6) is -0.300. The first kappa shape index (κ1) is 18.0. The Kier molecular flexibility index (Phi) is 5.21. The normalized spacial score (nSPS) is 10.7. The minimum Gasteiger partial charge on any atom is -0.323 e. The van der Waals surface area contributed by atoms with E-state index in [9.17, 15) is 9.59 Å². The van der Waals surface area contributed by atoms with Crippen molar-refractivity contribution in [1.29, 1.82) is 0 Å². The molecule has 4 aromatic rings. The van der Waals surface area contributed by atoms with Crippen LogP contribution in [-0.2, 0) is 11.3 Å². The van der Waals surface area contributed by atoms with Crippen LogP contribution in [0.4, 0.5) is 5.69 Å². The predicted molar refractivity (Wildman–Crippen MR) is 112 cm³/mol. The highest BCUT2D eigenvalue weighted by Crippen LogP contribution is 2.33. The Morgan fingerprint density at radius 1 is 0.929 bits per heavy atom. The van der Waals surface area contributed by atoms with Gasteiger partial charge in [0.1, 0.15) is 6.54 Å². The third kappa shape index (κ3) is 3.97. The van der Waals surface area contributed by atoms with E-state index in [0.717, 1.165) is 15.2 Å². The highest BCUT2D eigenvalue weighted by atomic mass is 32.2. The van der Waals surface area contributed by atoms with E-state index < -0.39 is 0 Å². The van der Waals surface area contributed by atoms with Crippen molar-refractivity contribution in [3.8, 4) is 0 Å². The molecule has 0 radical (unpaired) electrons. The van der Waals surface area contributed by atoms with E-state index in [1.807, 2.05) is 66.7 Å². The van der Waals surface area contributed by atoms with Crippen molar-refractivity contribution in [2.45, 2.75) is 16.3 Å². The summed E-state index contributed by atoms with van der Waals surface area (Å²) in [6.07, 6.45) is 1.60. The number of rotatable bonds is 5. The van der Waals surface area contributed by atoms with Gasteiger partial charge in [-0.3, -0.25) is 9.59 Å². The van der Waals surface area contributed by atoms with E-state index in [2.05, 4.69) is 10.4 Å². The van der Waals surface area contributed by atoms with Gasteiger partial charge in [-0.2, -0.15) is 5.10 Å². The molecule has 5 nitrogen and oxygen atoms in total. The second-order valence-electron chi connectivity index (χ2n) is 6.15.